The van der Waals surface area contributed by atoms with Crippen LogP contribution in [0.15, 0.2) is 18.2 Å². The average molecular weight is 268 g/mol. The van der Waals surface area contributed by atoms with Gasteiger partial charge in [-0.3, -0.25) is 0 Å². The van der Waals surface area contributed by atoms with Crippen molar-refractivity contribution >= 4 is 5.69 Å². The van der Waals surface area contributed by atoms with E-state index < -0.39 is 0 Å². The molecular formula is C14H21FN2O2. The van der Waals surface area contributed by atoms with Gasteiger partial charge in [0.1, 0.15) is 11.6 Å². The summed E-state index contributed by atoms with van der Waals surface area (Å²) in [5.41, 5.74) is 0.777. The van der Waals surface area contributed by atoms with Crippen molar-refractivity contribution in [1.82, 2.24) is 5.32 Å². The van der Waals surface area contributed by atoms with E-state index in [0.29, 0.717) is 11.8 Å². The highest BCUT2D eigenvalue weighted by atomic mass is 19.1. The molecule has 5 heteroatoms. The normalized spacial score (nSPS) is 19.2. The van der Waals surface area contributed by atoms with E-state index in [-0.39, 0.29) is 5.82 Å². The molecule has 4 nitrogen and oxygen atoms in total. The number of methoxy groups -OCH3 is 1. The van der Waals surface area contributed by atoms with Crippen LogP contribution in [0.4, 0.5) is 10.1 Å². The Kier molecular flexibility index (Phi) is 4.99. The first kappa shape index (κ1) is 14.1. The molecule has 1 unspecified atom stereocenters. The van der Waals surface area contributed by atoms with Crippen LogP contribution in [0.5, 0.6) is 5.75 Å². The van der Waals surface area contributed by atoms with E-state index in [1.54, 1.807) is 13.2 Å². The van der Waals surface area contributed by atoms with Crippen molar-refractivity contribution in [1.29, 1.82) is 0 Å². The van der Waals surface area contributed by atoms with Gasteiger partial charge in [0.25, 0.3) is 0 Å². The van der Waals surface area contributed by atoms with Crippen LogP contribution in [-0.4, -0.2) is 46.5 Å². The van der Waals surface area contributed by atoms with Crippen molar-refractivity contribution in [3.63, 3.8) is 0 Å². The average Bonchev–Trinajstić information content (AvgIpc) is 2.46. The molecule has 0 bridgehead atoms. The second kappa shape index (κ2) is 6.73. The zero-order valence-electron chi connectivity index (χ0n) is 11.5. The minimum Gasteiger partial charge on any atom is -0.495 e. The van der Waals surface area contributed by atoms with E-state index >= 15 is 0 Å². The van der Waals surface area contributed by atoms with Gasteiger partial charge in [-0.15, -0.1) is 0 Å². The third-order valence-electron chi connectivity index (χ3n) is 3.36. The Morgan fingerprint density at radius 1 is 1.53 bits per heavy atom. The molecule has 1 heterocycles. The van der Waals surface area contributed by atoms with Gasteiger partial charge >= 0.3 is 0 Å². The number of morpholine rings is 1. The highest BCUT2D eigenvalue weighted by Gasteiger charge is 2.15. The molecule has 0 aliphatic carbocycles. The van der Waals surface area contributed by atoms with Gasteiger partial charge in [0.2, 0.25) is 0 Å². The molecule has 1 atom stereocenters. The SMILES string of the molecule is COc1ccc(F)cc1N(C)CCC1COCCN1. The Morgan fingerprint density at radius 2 is 2.37 bits per heavy atom. The summed E-state index contributed by atoms with van der Waals surface area (Å²) in [6.07, 6.45) is 0.955. The van der Waals surface area contributed by atoms with Crippen LogP contribution in [-0.2, 0) is 4.74 Å². The number of nitrogens with one attached hydrogen (secondary N) is 1. The van der Waals surface area contributed by atoms with E-state index in [1.807, 2.05) is 11.9 Å². The number of hydrogen-bond donors (Lipinski definition) is 1. The number of rotatable bonds is 5. The van der Waals surface area contributed by atoms with E-state index in [2.05, 4.69) is 5.32 Å². The summed E-state index contributed by atoms with van der Waals surface area (Å²) in [6, 6.07) is 4.94. The summed E-state index contributed by atoms with van der Waals surface area (Å²) in [5.74, 6) is 0.443. The fraction of sp³-hybridized carbons (Fsp3) is 0.571. The lowest BCUT2D eigenvalue weighted by Crippen LogP contribution is -2.43. The molecule has 2 rings (SSSR count). The molecule has 0 saturated carbocycles. The number of nitrogens with zero attached hydrogens (tertiary/aromatic N) is 1. The molecule has 1 saturated heterocycles. The molecule has 1 aromatic carbocycles. The lowest BCUT2D eigenvalue weighted by Gasteiger charge is -2.27. The topological polar surface area (TPSA) is 33.7 Å². The Bertz CT molecular complexity index is 408. The first-order valence-corrected chi connectivity index (χ1v) is 6.56. The molecule has 1 N–H and O–H groups in total. The van der Waals surface area contributed by atoms with Crippen LogP contribution in [0.2, 0.25) is 0 Å². The van der Waals surface area contributed by atoms with Gasteiger partial charge in [-0.1, -0.05) is 0 Å². The lowest BCUT2D eigenvalue weighted by molar-refractivity contribution is 0.0749. The summed E-state index contributed by atoms with van der Waals surface area (Å²) in [7, 11) is 3.54. The van der Waals surface area contributed by atoms with E-state index in [0.717, 1.165) is 38.4 Å². The minimum absolute atomic E-state index is 0.248. The summed E-state index contributed by atoms with van der Waals surface area (Å²) in [6.45, 7) is 3.25. The quantitative estimate of drug-likeness (QED) is 0.880. The van der Waals surface area contributed by atoms with Crippen LogP contribution in [0.1, 0.15) is 6.42 Å². The maximum absolute atomic E-state index is 13.3. The predicted octanol–water partition coefficient (Wildman–Crippen LogP) is 1.65. The van der Waals surface area contributed by atoms with Gasteiger partial charge in [0.05, 0.1) is 26.0 Å². The summed E-state index contributed by atoms with van der Waals surface area (Å²) in [5, 5.41) is 3.41. The second-order valence-electron chi connectivity index (χ2n) is 4.75. The number of ether oxygens (including phenoxy) is 2. The van der Waals surface area contributed by atoms with Crippen molar-refractivity contribution in [2.24, 2.45) is 0 Å². The van der Waals surface area contributed by atoms with Gasteiger partial charge in [-0.25, -0.2) is 4.39 Å². The van der Waals surface area contributed by atoms with Crippen LogP contribution < -0.4 is 15.0 Å². The molecule has 1 aliphatic rings. The first-order chi connectivity index (χ1) is 9.20. The number of halogens is 1. The Morgan fingerprint density at radius 3 is 3.05 bits per heavy atom. The van der Waals surface area contributed by atoms with Crippen molar-refractivity contribution in [3.05, 3.63) is 24.0 Å². The second-order valence-corrected chi connectivity index (χ2v) is 4.75. The van der Waals surface area contributed by atoms with Gasteiger partial charge in [0, 0.05) is 32.2 Å². The predicted molar refractivity (Wildman–Crippen MR) is 73.4 cm³/mol. The van der Waals surface area contributed by atoms with Crippen molar-refractivity contribution < 1.29 is 13.9 Å². The highest BCUT2D eigenvalue weighted by Crippen LogP contribution is 2.28. The van der Waals surface area contributed by atoms with E-state index in [4.69, 9.17) is 9.47 Å². The Balaban J connectivity index is 1.94. The molecule has 1 fully saturated rings. The van der Waals surface area contributed by atoms with Gasteiger partial charge in [-0.05, 0) is 18.6 Å². The molecule has 106 valence electrons. The van der Waals surface area contributed by atoms with Gasteiger partial charge in [-0.2, -0.15) is 0 Å². The molecule has 0 amide bonds. The maximum Gasteiger partial charge on any atom is 0.142 e. The minimum atomic E-state index is -0.248. The number of benzene rings is 1. The summed E-state index contributed by atoms with van der Waals surface area (Å²) < 4.78 is 24.0. The smallest absolute Gasteiger partial charge is 0.142 e. The summed E-state index contributed by atoms with van der Waals surface area (Å²) in [4.78, 5) is 2.01. The van der Waals surface area contributed by atoms with Crippen molar-refractivity contribution in [2.75, 3.05) is 45.4 Å². The molecule has 19 heavy (non-hydrogen) atoms. The molecule has 0 aromatic heterocycles. The van der Waals surface area contributed by atoms with Crippen molar-refractivity contribution in [2.45, 2.75) is 12.5 Å². The van der Waals surface area contributed by atoms with Gasteiger partial charge in [0.15, 0.2) is 0 Å². The fourth-order valence-corrected chi connectivity index (χ4v) is 2.24. The molecule has 0 radical (unpaired) electrons. The lowest BCUT2D eigenvalue weighted by atomic mass is 10.2. The van der Waals surface area contributed by atoms with Crippen molar-refractivity contribution in [3.8, 4) is 5.75 Å². The van der Waals surface area contributed by atoms with Gasteiger partial charge < -0.3 is 19.7 Å². The standard InChI is InChI=1S/C14H21FN2O2/c1-17(7-5-12-10-19-8-6-16-12)13-9-11(15)3-4-14(13)18-2/h3-4,9,12,16H,5-8,10H2,1-2H3. The summed E-state index contributed by atoms with van der Waals surface area (Å²) >= 11 is 0. The first-order valence-electron chi connectivity index (χ1n) is 6.56. The monoisotopic (exact) mass is 268 g/mol. The highest BCUT2D eigenvalue weighted by molar-refractivity contribution is 5.58. The van der Waals surface area contributed by atoms with Crippen LogP contribution >= 0.6 is 0 Å². The third kappa shape index (κ3) is 3.81. The number of hydrogen-bond acceptors (Lipinski definition) is 4. The largest absolute Gasteiger partial charge is 0.495 e. The van der Waals surface area contributed by atoms with E-state index in [9.17, 15) is 4.39 Å². The fourth-order valence-electron chi connectivity index (χ4n) is 2.24. The van der Waals surface area contributed by atoms with Crippen LogP contribution in [0, 0.1) is 5.82 Å². The van der Waals surface area contributed by atoms with Crippen LogP contribution in [0.25, 0.3) is 0 Å². The molecule has 1 aliphatic heterocycles. The number of anilines is 1. The zero-order valence-corrected chi connectivity index (χ0v) is 11.5. The molecular weight excluding hydrogens is 247 g/mol. The molecule has 0 spiro atoms. The third-order valence-corrected chi connectivity index (χ3v) is 3.36. The van der Waals surface area contributed by atoms with Crippen LogP contribution in [0.3, 0.4) is 0 Å². The maximum atomic E-state index is 13.3. The molecule has 1 aromatic rings. The Labute approximate surface area is 113 Å². The Hall–Kier alpha value is -1.33. The van der Waals surface area contributed by atoms with E-state index in [1.165, 1.54) is 12.1 Å². The zero-order chi connectivity index (χ0) is 13.7.